The van der Waals surface area contributed by atoms with Gasteiger partial charge in [0.05, 0.1) is 4.90 Å². The largest absolute Gasteiger partial charge is 0.225 e. The Morgan fingerprint density at radius 2 is 1.67 bits per heavy atom. The topological polar surface area (TPSA) is 25.8 Å². The van der Waals surface area contributed by atoms with Crippen molar-refractivity contribution in [1.29, 1.82) is 0 Å². The van der Waals surface area contributed by atoms with Gasteiger partial charge in [-0.2, -0.15) is 0 Å². The first-order chi connectivity index (χ1) is 5.65. The molecule has 2 nitrogen and oxygen atoms in total. The molecule has 0 saturated heterocycles. The molecule has 0 aliphatic heterocycles. The second-order valence-electron chi connectivity index (χ2n) is 1.84. The lowest BCUT2D eigenvalue weighted by Gasteiger charge is -2.02. The molecule has 12 heavy (non-hydrogen) atoms. The van der Waals surface area contributed by atoms with Crippen LogP contribution >= 0.6 is 46.6 Å². The molecule has 0 atom stereocenters. The average molecular weight is 244 g/mol. The number of halogens is 3. The van der Waals surface area contributed by atoms with Crippen molar-refractivity contribution in [3.63, 3.8) is 0 Å². The van der Waals surface area contributed by atoms with Gasteiger partial charge in [-0.05, 0) is 17.4 Å². The molecule has 0 amide bonds. The van der Waals surface area contributed by atoms with Crippen LogP contribution < -0.4 is 0 Å². The number of hydrogen-bond acceptors (Lipinski definition) is 3. The summed E-state index contributed by atoms with van der Waals surface area (Å²) in [6.07, 6.45) is 0. The van der Waals surface area contributed by atoms with Gasteiger partial charge in [-0.25, -0.2) is 9.97 Å². The summed E-state index contributed by atoms with van der Waals surface area (Å²) in [7, 11) is 0. The van der Waals surface area contributed by atoms with Crippen LogP contribution in [0.2, 0.25) is 15.6 Å². The van der Waals surface area contributed by atoms with Crippen LogP contribution in [-0.2, 0) is 0 Å². The molecule has 0 radical (unpaired) electrons. The molecular weight excluding hydrogens is 239 g/mol. The lowest BCUT2D eigenvalue weighted by molar-refractivity contribution is 1.10. The van der Waals surface area contributed by atoms with Crippen molar-refractivity contribution in [1.82, 2.24) is 9.97 Å². The summed E-state index contributed by atoms with van der Waals surface area (Å²) in [5.74, 6) is 0.866. The Bertz CT molecular complexity index is 269. The maximum atomic E-state index is 5.77. The fraction of sp³-hybridized carbons (Fsp3) is 0.333. The summed E-state index contributed by atoms with van der Waals surface area (Å²) in [5.41, 5.74) is 0. The minimum Gasteiger partial charge on any atom is -0.205 e. The highest BCUT2D eigenvalue weighted by Gasteiger charge is 2.09. The van der Waals surface area contributed by atoms with E-state index >= 15 is 0 Å². The van der Waals surface area contributed by atoms with Gasteiger partial charge < -0.3 is 0 Å². The van der Waals surface area contributed by atoms with E-state index in [1.165, 1.54) is 11.8 Å². The van der Waals surface area contributed by atoms with Crippen molar-refractivity contribution in [2.24, 2.45) is 0 Å². The minimum absolute atomic E-state index is 0.0745. The van der Waals surface area contributed by atoms with Gasteiger partial charge in [-0.15, -0.1) is 11.8 Å². The molecule has 0 spiro atoms. The second-order valence-corrected chi connectivity index (χ2v) is 4.16. The molecule has 0 aliphatic rings. The predicted octanol–water partition coefficient (Wildman–Crippen LogP) is 3.55. The third-order valence-electron chi connectivity index (χ3n) is 1.04. The molecule has 1 aromatic rings. The maximum absolute atomic E-state index is 5.77. The fourth-order valence-corrected chi connectivity index (χ4v) is 2.23. The standard InChI is InChI=1S/C6H5Cl3N2S/c1-2-12-3-4(7)10-6(9)11-5(3)8/h2H2,1H3. The van der Waals surface area contributed by atoms with Crippen molar-refractivity contribution in [3.8, 4) is 0 Å². The number of aromatic nitrogens is 2. The molecule has 0 unspecified atom stereocenters. The molecule has 0 fully saturated rings. The molecule has 0 aliphatic carbocycles. The van der Waals surface area contributed by atoms with Gasteiger partial charge in [0.15, 0.2) is 0 Å². The zero-order valence-corrected chi connectivity index (χ0v) is 9.23. The molecule has 0 bridgehead atoms. The Balaban J connectivity index is 3.10. The summed E-state index contributed by atoms with van der Waals surface area (Å²) in [6.45, 7) is 1.99. The highest BCUT2D eigenvalue weighted by atomic mass is 35.5. The van der Waals surface area contributed by atoms with Crippen molar-refractivity contribution in [2.45, 2.75) is 11.8 Å². The fourth-order valence-electron chi connectivity index (χ4n) is 0.637. The first kappa shape index (κ1) is 10.4. The summed E-state index contributed by atoms with van der Waals surface area (Å²) in [4.78, 5) is 8.22. The molecule has 0 aromatic carbocycles. The van der Waals surface area contributed by atoms with Crippen LogP contribution in [0.3, 0.4) is 0 Å². The zero-order chi connectivity index (χ0) is 9.14. The van der Waals surface area contributed by atoms with Crippen LogP contribution in [-0.4, -0.2) is 15.7 Å². The van der Waals surface area contributed by atoms with E-state index in [9.17, 15) is 0 Å². The number of nitrogens with zero attached hydrogens (tertiary/aromatic N) is 2. The van der Waals surface area contributed by atoms with Crippen LogP contribution in [0, 0.1) is 0 Å². The first-order valence-electron chi connectivity index (χ1n) is 3.16. The Morgan fingerprint density at radius 1 is 1.17 bits per heavy atom. The molecule has 1 rings (SSSR count). The molecular formula is C6H5Cl3N2S. The smallest absolute Gasteiger partial charge is 0.205 e. The van der Waals surface area contributed by atoms with Crippen molar-refractivity contribution in [2.75, 3.05) is 5.75 Å². The third kappa shape index (κ3) is 2.39. The van der Waals surface area contributed by atoms with E-state index in [1.54, 1.807) is 0 Å². The quantitative estimate of drug-likeness (QED) is 0.451. The number of rotatable bonds is 2. The van der Waals surface area contributed by atoms with Crippen molar-refractivity contribution >= 4 is 46.6 Å². The lowest BCUT2D eigenvalue weighted by atomic mass is 10.7. The average Bonchev–Trinajstić information content (AvgIpc) is 1.96. The van der Waals surface area contributed by atoms with E-state index in [1.807, 2.05) is 6.92 Å². The van der Waals surface area contributed by atoms with Crippen LogP contribution in [0.1, 0.15) is 6.92 Å². The monoisotopic (exact) mass is 242 g/mol. The van der Waals surface area contributed by atoms with Gasteiger partial charge in [0, 0.05) is 0 Å². The minimum atomic E-state index is 0.0745. The Labute approximate surface area is 89.6 Å². The number of hydrogen-bond donors (Lipinski definition) is 0. The highest BCUT2D eigenvalue weighted by molar-refractivity contribution is 7.99. The van der Waals surface area contributed by atoms with Gasteiger partial charge in [0.25, 0.3) is 0 Å². The van der Waals surface area contributed by atoms with Gasteiger partial charge in [0.1, 0.15) is 10.3 Å². The van der Waals surface area contributed by atoms with E-state index in [0.29, 0.717) is 15.2 Å². The first-order valence-corrected chi connectivity index (χ1v) is 5.28. The van der Waals surface area contributed by atoms with Crippen LogP contribution in [0.25, 0.3) is 0 Å². The van der Waals surface area contributed by atoms with E-state index in [2.05, 4.69) is 9.97 Å². The van der Waals surface area contributed by atoms with Crippen LogP contribution in [0.5, 0.6) is 0 Å². The van der Waals surface area contributed by atoms with Gasteiger partial charge >= 0.3 is 0 Å². The molecule has 66 valence electrons. The Hall–Kier alpha value is 0.300. The van der Waals surface area contributed by atoms with Gasteiger partial charge in [-0.3, -0.25) is 0 Å². The van der Waals surface area contributed by atoms with Crippen LogP contribution in [0.15, 0.2) is 4.90 Å². The van der Waals surface area contributed by atoms with E-state index in [0.717, 1.165) is 5.75 Å². The summed E-state index contributed by atoms with van der Waals surface area (Å²) in [6, 6.07) is 0. The molecule has 1 heterocycles. The van der Waals surface area contributed by atoms with E-state index in [4.69, 9.17) is 34.8 Å². The van der Waals surface area contributed by atoms with Crippen molar-refractivity contribution in [3.05, 3.63) is 15.6 Å². The Kier molecular flexibility index (Phi) is 3.90. The Morgan fingerprint density at radius 3 is 2.08 bits per heavy atom. The normalized spacial score (nSPS) is 10.3. The molecule has 1 aromatic heterocycles. The maximum Gasteiger partial charge on any atom is 0.225 e. The van der Waals surface area contributed by atoms with Gasteiger partial charge in [0.2, 0.25) is 5.28 Å². The zero-order valence-electron chi connectivity index (χ0n) is 6.14. The third-order valence-corrected chi connectivity index (χ3v) is 2.95. The van der Waals surface area contributed by atoms with E-state index < -0.39 is 0 Å². The van der Waals surface area contributed by atoms with Crippen molar-refractivity contribution < 1.29 is 0 Å². The second kappa shape index (κ2) is 4.51. The molecule has 0 N–H and O–H groups in total. The molecule has 0 saturated carbocycles. The molecule has 6 heteroatoms. The predicted molar refractivity (Wildman–Crippen MR) is 53.5 cm³/mol. The summed E-state index contributed by atoms with van der Waals surface area (Å²) in [5, 5.41) is 0.698. The summed E-state index contributed by atoms with van der Waals surface area (Å²) >= 11 is 18.6. The lowest BCUT2D eigenvalue weighted by Crippen LogP contribution is -1.88. The number of thioether (sulfide) groups is 1. The highest BCUT2D eigenvalue weighted by Crippen LogP contribution is 2.31. The van der Waals surface area contributed by atoms with Crippen LogP contribution in [0.4, 0.5) is 0 Å². The summed E-state index contributed by atoms with van der Waals surface area (Å²) < 4.78 is 0. The van der Waals surface area contributed by atoms with Gasteiger partial charge in [-0.1, -0.05) is 30.1 Å². The SMILES string of the molecule is CCSc1c(Cl)nc(Cl)nc1Cl. The van der Waals surface area contributed by atoms with E-state index in [-0.39, 0.29) is 5.28 Å².